The number of nitrogens with one attached hydrogen (secondary N) is 2. The maximum atomic E-state index is 5.39. The number of hydrogen-bond acceptors (Lipinski definition) is 2. The minimum atomic E-state index is 0.647. The summed E-state index contributed by atoms with van der Waals surface area (Å²) in [7, 11) is 4.16. The summed E-state index contributed by atoms with van der Waals surface area (Å²) < 4.78 is 0. The molecule has 0 atom stereocenters. The van der Waals surface area contributed by atoms with Crippen LogP contribution in [0.1, 0.15) is 23.6 Å². The first kappa shape index (κ1) is 17.4. The lowest BCUT2D eigenvalue weighted by Crippen LogP contribution is -2.28. The van der Waals surface area contributed by atoms with E-state index in [4.69, 9.17) is 12.2 Å². The van der Waals surface area contributed by atoms with E-state index in [0.29, 0.717) is 5.11 Å². The SMILES string of the molecule is CCc1ccc(NC(=S)NCc2ccccc2CN(C)C)cc1. The summed E-state index contributed by atoms with van der Waals surface area (Å²) in [4.78, 5) is 2.17. The molecule has 2 aromatic carbocycles. The Balaban J connectivity index is 1.91. The monoisotopic (exact) mass is 327 g/mol. The van der Waals surface area contributed by atoms with Gasteiger partial charge in [-0.25, -0.2) is 0 Å². The van der Waals surface area contributed by atoms with Crippen LogP contribution in [0.2, 0.25) is 0 Å². The van der Waals surface area contributed by atoms with Crippen LogP contribution in [-0.4, -0.2) is 24.1 Å². The lowest BCUT2D eigenvalue weighted by molar-refractivity contribution is 0.401. The van der Waals surface area contributed by atoms with E-state index in [1.54, 1.807) is 0 Å². The normalized spacial score (nSPS) is 10.6. The third kappa shape index (κ3) is 5.66. The quantitative estimate of drug-likeness (QED) is 0.789. The van der Waals surface area contributed by atoms with Crippen molar-refractivity contribution in [1.29, 1.82) is 0 Å². The van der Waals surface area contributed by atoms with Gasteiger partial charge in [0.2, 0.25) is 0 Å². The van der Waals surface area contributed by atoms with Crippen LogP contribution < -0.4 is 10.6 Å². The van der Waals surface area contributed by atoms with Crippen LogP contribution in [-0.2, 0) is 19.5 Å². The number of hydrogen-bond donors (Lipinski definition) is 2. The zero-order valence-corrected chi connectivity index (χ0v) is 14.9. The molecule has 0 aliphatic heterocycles. The predicted molar refractivity (Wildman–Crippen MR) is 103 cm³/mol. The van der Waals surface area contributed by atoms with E-state index in [1.165, 1.54) is 16.7 Å². The molecule has 122 valence electrons. The number of thiocarbonyl (C=S) groups is 1. The van der Waals surface area contributed by atoms with Crippen molar-refractivity contribution in [2.75, 3.05) is 19.4 Å². The zero-order valence-electron chi connectivity index (χ0n) is 14.1. The largest absolute Gasteiger partial charge is 0.358 e. The van der Waals surface area contributed by atoms with Gasteiger partial charge in [0.05, 0.1) is 0 Å². The fourth-order valence-electron chi connectivity index (χ4n) is 2.40. The molecule has 0 spiro atoms. The van der Waals surface area contributed by atoms with Crippen molar-refractivity contribution in [2.45, 2.75) is 26.4 Å². The van der Waals surface area contributed by atoms with E-state index in [1.807, 2.05) is 0 Å². The van der Waals surface area contributed by atoms with Crippen LogP contribution in [0.15, 0.2) is 48.5 Å². The number of benzene rings is 2. The Morgan fingerprint density at radius 3 is 2.26 bits per heavy atom. The molecule has 0 aliphatic carbocycles. The van der Waals surface area contributed by atoms with Crippen molar-refractivity contribution in [2.24, 2.45) is 0 Å². The van der Waals surface area contributed by atoms with Crippen molar-refractivity contribution < 1.29 is 0 Å². The van der Waals surface area contributed by atoms with Crippen LogP contribution in [0.5, 0.6) is 0 Å². The molecule has 0 heterocycles. The van der Waals surface area contributed by atoms with Crippen molar-refractivity contribution in [3.63, 3.8) is 0 Å². The highest BCUT2D eigenvalue weighted by Crippen LogP contribution is 2.12. The van der Waals surface area contributed by atoms with Gasteiger partial charge in [0, 0.05) is 18.8 Å². The van der Waals surface area contributed by atoms with Crippen LogP contribution >= 0.6 is 12.2 Å². The molecule has 2 aromatic rings. The first-order chi connectivity index (χ1) is 11.1. The van der Waals surface area contributed by atoms with E-state index in [-0.39, 0.29) is 0 Å². The molecule has 0 fully saturated rings. The highest BCUT2D eigenvalue weighted by Gasteiger charge is 2.04. The van der Waals surface area contributed by atoms with Gasteiger partial charge in [-0.15, -0.1) is 0 Å². The molecule has 4 heteroatoms. The molecule has 0 aromatic heterocycles. The van der Waals surface area contributed by atoms with Gasteiger partial charge in [-0.05, 0) is 61.6 Å². The molecule has 2 N–H and O–H groups in total. The molecule has 0 saturated carbocycles. The summed E-state index contributed by atoms with van der Waals surface area (Å²) in [5.74, 6) is 0. The second-order valence-corrected chi connectivity index (χ2v) is 6.27. The molecule has 0 bridgehead atoms. The summed E-state index contributed by atoms with van der Waals surface area (Å²) in [6.45, 7) is 3.80. The van der Waals surface area contributed by atoms with E-state index >= 15 is 0 Å². The molecule has 0 unspecified atom stereocenters. The lowest BCUT2D eigenvalue weighted by Gasteiger charge is -2.16. The molecular weight excluding hydrogens is 302 g/mol. The number of nitrogens with zero attached hydrogens (tertiary/aromatic N) is 1. The minimum absolute atomic E-state index is 0.647. The van der Waals surface area contributed by atoms with E-state index in [0.717, 1.165) is 25.2 Å². The molecule has 0 saturated heterocycles. The van der Waals surface area contributed by atoms with E-state index in [2.05, 4.69) is 85.1 Å². The van der Waals surface area contributed by atoms with Gasteiger partial charge < -0.3 is 15.5 Å². The van der Waals surface area contributed by atoms with Crippen LogP contribution in [0, 0.1) is 0 Å². The predicted octanol–water partition coefficient (Wildman–Crippen LogP) is 3.80. The van der Waals surface area contributed by atoms with Crippen LogP contribution in [0.4, 0.5) is 5.69 Å². The molecule has 0 radical (unpaired) electrons. The Kier molecular flexibility index (Phi) is 6.56. The van der Waals surface area contributed by atoms with Crippen molar-refractivity contribution in [1.82, 2.24) is 10.2 Å². The van der Waals surface area contributed by atoms with Gasteiger partial charge in [0.25, 0.3) is 0 Å². The Morgan fingerprint density at radius 2 is 1.65 bits per heavy atom. The first-order valence-corrected chi connectivity index (χ1v) is 8.34. The number of rotatable bonds is 6. The number of aryl methyl sites for hydroxylation is 1. The van der Waals surface area contributed by atoms with E-state index < -0.39 is 0 Å². The minimum Gasteiger partial charge on any atom is -0.358 e. The highest BCUT2D eigenvalue weighted by molar-refractivity contribution is 7.80. The van der Waals surface area contributed by atoms with E-state index in [9.17, 15) is 0 Å². The van der Waals surface area contributed by atoms with Gasteiger partial charge in [-0.3, -0.25) is 0 Å². The van der Waals surface area contributed by atoms with Gasteiger partial charge in [-0.2, -0.15) is 0 Å². The maximum absolute atomic E-state index is 5.39. The van der Waals surface area contributed by atoms with Crippen LogP contribution in [0.3, 0.4) is 0 Å². The Bertz CT molecular complexity index is 635. The topological polar surface area (TPSA) is 27.3 Å². The third-order valence-electron chi connectivity index (χ3n) is 3.66. The second-order valence-electron chi connectivity index (χ2n) is 5.86. The van der Waals surface area contributed by atoms with Crippen LogP contribution in [0.25, 0.3) is 0 Å². The Morgan fingerprint density at radius 1 is 1.00 bits per heavy atom. The molecule has 0 amide bonds. The second kappa shape index (κ2) is 8.65. The smallest absolute Gasteiger partial charge is 0.171 e. The molecule has 2 rings (SSSR count). The van der Waals surface area contributed by atoms with Crippen molar-refractivity contribution in [3.8, 4) is 0 Å². The van der Waals surface area contributed by atoms with Gasteiger partial charge in [-0.1, -0.05) is 43.3 Å². The Hall–Kier alpha value is -1.91. The van der Waals surface area contributed by atoms with Crippen molar-refractivity contribution >= 4 is 23.0 Å². The molecule has 0 aliphatic rings. The fourth-order valence-corrected chi connectivity index (χ4v) is 2.59. The Labute approximate surface area is 144 Å². The van der Waals surface area contributed by atoms with Gasteiger partial charge in [0.15, 0.2) is 5.11 Å². The van der Waals surface area contributed by atoms with Crippen molar-refractivity contribution in [3.05, 3.63) is 65.2 Å². The summed E-state index contributed by atoms with van der Waals surface area (Å²) in [6, 6.07) is 16.8. The molecule has 3 nitrogen and oxygen atoms in total. The highest BCUT2D eigenvalue weighted by atomic mass is 32.1. The van der Waals surface area contributed by atoms with Gasteiger partial charge in [0.1, 0.15) is 0 Å². The summed E-state index contributed by atoms with van der Waals surface area (Å²) in [5, 5.41) is 7.17. The lowest BCUT2D eigenvalue weighted by atomic mass is 10.1. The fraction of sp³-hybridized carbons (Fsp3) is 0.316. The average Bonchev–Trinajstić information content (AvgIpc) is 2.54. The summed E-state index contributed by atoms with van der Waals surface area (Å²) >= 11 is 5.39. The average molecular weight is 327 g/mol. The third-order valence-corrected chi connectivity index (χ3v) is 3.91. The number of anilines is 1. The molecule has 23 heavy (non-hydrogen) atoms. The standard InChI is InChI=1S/C19H25N3S/c1-4-15-9-11-18(12-10-15)21-19(23)20-13-16-7-5-6-8-17(16)14-22(2)3/h5-12H,4,13-14H2,1-3H3,(H2,20,21,23). The van der Waals surface area contributed by atoms with Gasteiger partial charge >= 0.3 is 0 Å². The molecular formula is C19H25N3S. The zero-order chi connectivity index (χ0) is 16.7. The first-order valence-electron chi connectivity index (χ1n) is 7.93. The summed E-state index contributed by atoms with van der Waals surface area (Å²) in [5.41, 5.74) is 4.93. The summed E-state index contributed by atoms with van der Waals surface area (Å²) in [6.07, 6.45) is 1.05. The maximum Gasteiger partial charge on any atom is 0.171 e.